The van der Waals surface area contributed by atoms with Gasteiger partial charge in [0.2, 0.25) is 5.91 Å². The molecule has 2 aliphatic rings. The first kappa shape index (κ1) is 21.6. The highest BCUT2D eigenvalue weighted by atomic mass is 32.1. The van der Waals surface area contributed by atoms with Gasteiger partial charge in [-0.1, -0.05) is 11.1 Å². The lowest BCUT2D eigenvalue weighted by atomic mass is 9.76. The van der Waals surface area contributed by atoms with Gasteiger partial charge in [-0.15, -0.1) is 11.3 Å². The van der Waals surface area contributed by atoms with Crippen LogP contribution in [0.4, 0.5) is 5.00 Å². The zero-order valence-corrected chi connectivity index (χ0v) is 18.2. The quantitative estimate of drug-likeness (QED) is 0.585. The van der Waals surface area contributed by atoms with Gasteiger partial charge in [-0.05, 0) is 71.8 Å². The number of carbonyl (C=O) groups is 3. The molecule has 1 amide bonds. The van der Waals surface area contributed by atoms with E-state index in [0.29, 0.717) is 23.4 Å². The number of esters is 1. The van der Waals surface area contributed by atoms with Gasteiger partial charge in [0.05, 0.1) is 17.6 Å². The van der Waals surface area contributed by atoms with Gasteiger partial charge < -0.3 is 20.0 Å². The zero-order chi connectivity index (χ0) is 21.3. The minimum absolute atomic E-state index is 0.262. The first-order valence-electron chi connectivity index (χ1n) is 10.2. The van der Waals surface area contributed by atoms with Gasteiger partial charge in [0.25, 0.3) is 0 Å². The Balaban J connectivity index is 1.91. The third-order valence-electron chi connectivity index (χ3n) is 5.86. The molecule has 0 aliphatic heterocycles. The molecule has 1 aromatic rings. The molecule has 3 rings (SSSR count). The van der Waals surface area contributed by atoms with Crippen LogP contribution >= 0.6 is 11.3 Å². The molecule has 158 valence electrons. The van der Waals surface area contributed by atoms with E-state index in [1.807, 2.05) is 13.8 Å². The van der Waals surface area contributed by atoms with Crippen molar-refractivity contribution in [1.29, 1.82) is 0 Å². The topological polar surface area (TPSA) is 95.5 Å². The number of allylic oxidation sites excluding steroid dienone is 2. The van der Waals surface area contributed by atoms with Gasteiger partial charge >= 0.3 is 5.97 Å². The predicted molar refractivity (Wildman–Crippen MR) is 110 cm³/mol. The Kier molecular flexibility index (Phi) is 6.46. The van der Waals surface area contributed by atoms with E-state index in [9.17, 15) is 19.5 Å². The summed E-state index contributed by atoms with van der Waals surface area (Å²) >= 11 is 1.41. The molecule has 0 unspecified atom stereocenters. The van der Waals surface area contributed by atoms with E-state index in [2.05, 4.69) is 5.32 Å². The van der Waals surface area contributed by atoms with Gasteiger partial charge in [0.15, 0.2) is 0 Å². The van der Waals surface area contributed by atoms with Crippen molar-refractivity contribution in [3.05, 3.63) is 27.2 Å². The molecule has 0 aromatic carbocycles. The molecule has 0 radical (unpaired) electrons. The maximum Gasteiger partial charge on any atom is 0.341 e. The molecule has 0 saturated carbocycles. The molecule has 2 atom stereocenters. The minimum Gasteiger partial charge on any atom is -0.550 e. The third-order valence-corrected chi connectivity index (χ3v) is 7.07. The highest BCUT2D eigenvalue weighted by Crippen LogP contribution is 2.40. The number of anilines is 1. The molecule has 0 fully saturated rings. The van der Waals surface area contributed by atoms with Gasteiger partial charge in [-0.2, -0.15) is 0 Å². The Bertz CT molecular complexity index is 867. The Morgan fingerprint density at radius 2 is 1.69 bits per heavy atom. The number of amides is 1. The number of carboxylic acid groups (broad SMARTS) is 1. The lowest BCUT2D eigenvalue weighted by Gasteiger charge is -2.32. The minimum atomic E-state index is -1.21. The van der Waals surface area contributed by atoms with Crippen LogP contribution in [0.3, 0.4) is 0 Å². The molecule has 1 aromatic heterocycles. The van der Waals surface area contributed by atoms with Crippen LogP contribution in [0.15, 0.2) is 11.1 Å². The SMILES string of the molecule is CC1=C(C)C[C@@H](C(=O)Nc2sc3c(c2C(=O)OC(C)C)CCCC3)[C@H](C(=O)[O-])C1. The second kappa shape index (κ2) is 8.69. The van der Waals surface area contributed by atoms with Crippen LogP contribution in [-0.4, -0.2) is 23.9 Å². The van der Waals surface area contributed by atoms with Crippen molar-refractivity contribution in [2.75, 3.05) is 5.32 Å². The summed E-state index contributed by atoms with van der Waals surface area (Å²) in [5.74, 6) is -3.58. The van der Waals surface area contributed by atoms with Crippen molar-refractivity contribution < 1.29 is 24.2 Å². The van der Waals surface area contributed by atoms with Crippen LogP contribution in [-0.2, 0) is 27.2 Å². The van der Waals surface area contributed by atoms with E-state index < -0.39 is 23.8 Å². The smallest absolute Gasteiger partial charge is 0.341 e. The second-order valence-corrected chi connectivity index (χ2v) is 9.46. The van der Waals surface area contributed by atoms with E-state index in [-0.39, 0.29) is 12.0 Å². The summed E-state index contributed by atoms with van der Waals surface area (Å²) in [5, 5.41) is 15.0. The van der Waals surface area contributed by atoms with Crippen LogP contribution in [0.2, 0.25) is 0 Å². The largest absolute Gasteiger partial charge is 0.550 e. The van der Waals surface area contributed by atoms with Crippen LogP contribution in [0.25, 0.3) is 0 Å². The molecule has 0 bridgehead atoms. The summed E-state index contributed by atoms with van der Waals surface area (Å²) in [7, 11) is 0. The number of thiophene rings is 1. The highest BCUT2D eigenvalue weighted by molar-refractivity contribution is 7.17. The Morgan fingerprint density at radius 3 is 2.31 bits per heavy atom. The van der Waals surface area contributed by atoms with Gasteiger partial charge in [-0.3, -0.25) is 4.79 Å². The van der Waals surface area contributed by atoms with Crippen LogP contribution in [0.5, 0.6) is 0 Å². The van der Waals surface area contributed by atoms with Gasteiger partial charge in [-0.25, -0.2) is 4.79 Å². The van der Waals surface area contributed by atoms with E-state index in [0.717, 1.165) is 47.3 Å². The standard InChI is InChI=1S/C22H29NO5S/c1-11(2)28-22(27)18-14-7-5-6-8-17(14)29-20(18)23-19(24)15-9-12(3)13(4)10-16(15)21(25)26/h11,15-16H,5-10H2,1-4H3,(H,23,24)(H,25,26)/p-1/t15-,16-/m1/s1. The number of nitrogens with one attached hydrogen (secondary N) is 1. The summed E-state index contributed by atoms with van der Waals surface area (Å²) in [6.07, 6.45) is 4.15. The molecule has 2 aliphatic carbocycles. The van der Waals surface area contributed by atoms with E-state index >= 15 is 0 Å². The highest BCUT2D eigenvalue weighted by Gasteiger charge is 2.35. The first-order chi connectivity index (χ1) is 13.7. The Morgan fingerprint density at radius 1 is 1.07 bits per heavy atom. The maximum absolute atomic E-state index is 13.1. The summed E-state index contributed by atoms with van der Waals surface area (Å²) in [4.78, 5) is 38.6. The number of aliphatic carboxylic acids is 1. The second-order valence-electron chi connectivity index (χ2n) is 8.36. The Hall–Kier alpha value is -2.15. The lowest BCUT2D eigenvalue weighted by Crippen LogP contribution is -2.42. The van der Waals surface area contributed by atoms with E-state index in [4.69, 9.17) is 4.74 Å². The molecule has 1 N–H and O–H groups in total. The molecule has 6 nitrogen and oxygen atoms in total. The number of hydrogen-bond donors (Lipinski definition) is 1. The number of aryl methyl sites for hydroxylation is 1. The summed E-state index contributed by atoms with van der Waals surface area (Å²) in [6.45, 7) is 7.40. The van der Waals surface area contributed by atoms with Gasteiger partial charge in [0.1, 0.15) is 5.00 Å². The fourth-order valence-electron chi connectivity index (χ4n) is 4.16. The van der Waals surface area contributed by atoms with Crippen molar-refractivity contribution >= 4 is 34.2 Å². The number of hydrogen-bond acceptors (Lipinski definition) is 6. The summed E-state index contributed by atoms with van der Waals surface area (Å²) in [5.41, 5.74) is 3.44. The molecular formula is C22H28NO5S-. The molecule has 0 saturated heterocycles. The first-order valence-corrected chi connectivity index (χ1v) is 11.0. The van der Waals surface area contributed by atoms with E-state index in [1.54, 1.807) is 13.8 Å². The lowest BCUT2D eigenvalue weighted by molar-refractivity contribution is -0.313. The molecule has 0 spiro atoms. The van der Waals surface area contributed by atoms with E-state index in [1.165, 1.54) is 11.3 Å². The number of fused-ring (bicyclic) bond motifs is 1. The maximum atomic E-state index is 13.1. The van der Waals surface area contributed by atoms with Crippen LogP contribution in [0, 0.1) is 11.8 Å². The van der Waals surface area contributed by atoms with Crippen molar-refractivity contribution in [2.24, 2.45) is 11.8 Å². The Labute approximate surface area is 175 Å². The average Bonchev–Trinajstić information content (AvgIpc) is 3.00. The predicted octanol–water partition coefficient (Wildman–Crippen LogP) is 3.24. The molecule has 29 heavy (non-hydrogen) atoms. The fourth-order valence-corrected chi connectivity index (χ4v) is 5.44. The number of carboxylic acids is 1. The number of rotatable bonds is 5. The van der Waals surface area contributed by atoms with Crippen LogP contribution in [0.1, 0.15) is 74.2 Å². The van der Waals surface area contributed by atoms with Crippen molar-refractivity contribution in [3.8, 4) is 0 Å². The molecule has 1 heterocycles. The molecular weight excluding hydrogens is 390 g/mol. The van der Waals surface area contributed by atoms with Crippen molar-refractivity contribution in [1.82, 2.24) is 0 Å². The van der Waals surface area contributed by atoms with Crippen molar-refractivity contribution in [3.63, 3.8) is 0 Å². The molecule has 7 heteroatoms. The van der Waals surface area contributed by atoms with Crippen molar-refractivity contribution in [2.45, 2.75) is 72.3 Å². The average molecular weight is 419 g/mol. The normalized spacial score (nSPS) is 21.7. The zero-order valence-electron chi connectivity index (χ0n) is 17.4. The fraction of sp³-hybridized carbons (Fsp3) is 0.591. The van der Waals surface area contributed by atoms with Gasteiger partial charge in [0, 0.05) is 16.8 Å². The number of ether oxygens (including phenoxy) is 1. The summed E-state index contributed by atoms with van der Waals surface area (Å²) < 4.78 is 5.42. The third kappa shape index (κ3) is 4.55. The number of carbonyl (C=O) groups excluding carboxylic acids is 3. The monoisotopic (exact) mass is 418 g/mol. The summed E-state index contributed by atoms with van der Waals surface area (Å²) in [6, 6.07) is 0. The van der Waals surface area contributed by atoms with Crippen LogP contribution < -0.4 is 10.4 Å².